The number of benzene rings is 2. The van der Waals surface area contributed by atoms with Gasteiger partial charge in [0, 0.05) is 5.56 Å². The average Bonchev–Trinajstić information content (AvgIpc) is 2.45. The third-order valence-corrected chi connectivity index (χ3v) is 3.34. The van der Waals surface area contributed by atoms with Crippen LogP contribution in [-0.4, -0.2) is 5.78 Å². The summed E-state index contributed by atoms with van der Waals surface area (Å²) < 4.78 is 38.1. The minimum Gasteiger partial charge on any atom is -0.295 e. The van der Waals surface area contributed by atoms with E-state index >= 15 is 0 Å². The molecule has 0 bridgehead atoms. The monoisotopic (exact) mass is 292 g/mol. The van der Waals surface area contributed by atoms with Gasteiger partial charge in [0.2, 0.25) is 0 Å². The summed E-state index contributed by atoms with van der Waals surface area (Å²) in [5.41, 5.74) is 1.11. The Morgan fingerprint density at radius 3 is 2.24 bits per heavy atom. The molecule has 1 nitrogen and oxygen atoms in total. The van der Waals surface area contributed by atoms with Gasteiger partial charge in [-0.3, -0.25) is 4.79 Å². The normalized spacial score (nSPS) is 11.4. The summed E-state index contributed by atoms with van der Waals surface area (Å²) in [6, 6.07) is 13.0. The fraction of sp³-hybridized carbons (Fsp3) is 0.235. The molecule has 0 saturated carbocycles. The van der Waals surface area contributed by atoms with E-state index < -0.39 is 11.7 Å². The van der Waals surface area contributed by atoms with Crippen LogP contribution in [0.4, 0.5) is 13.2 Å². The Morgan fingerprint density at radius 1 is 1.00 bits per heavy atom. The molecule has 0 amide bonds. The van der Waals surface area contributed by atoms with Crippen LogP contribution in [-0.2, 0) is 19.0 Å². The summed E-state index contributed by atoms with van der Waals surface area (Å²) in [4.78, 5) is 11.6. The molecule has 2 rings (SSSR count). The topological polar surface area (TPSA) is 17.1 Å². The first-order valence-electron chi connectivity index (χ1n) is 6.63. The molecule has 110 valence electrons. The van der Waals surface area contributed by atoms with Gasteiger partial charge in [-0.2, -0.15) is 13.2 Å². The number of halogens is 3. The molecule has 0 spiro atoms. The molecule has 0 atom stereocenters. The van der Waals surface area contributed by atoms with Gasteiger partial charge < -0.3 is 0 Å². The second kappa shape index (κ2) is 6.12. The Balaban J connectivity index is 2.25. The molecular weight excluding hydrogens is 277 g/mol. The van der Waals surface area contributed by atoms with Crippen molar-refractivity contribution in [3.63, 3.8) is 0 Å². The van der Waals surface area contributed by atoms with E-state index in [1.165, 1.54) is 13.0 Å². The van der Waals surface area contributed by atoms with Crippen molar-refractivity contribution in [2.75, 3.05) is 0 Å². The van der Waals surface area contributed by atoms with Gasteiger partial charge in [-0.1, -0.05) is 36.4 Å². The molecule has 0 N–H and O–H groups in total. The second-order valence-corrected chi connectivity index (χ2v) is 4.91. The van der Waals surface area contributed by atoms with E-state index in [2.05, 4.69) is 0 Å². The standard InChI is InChI=1S/C17H15F3O/c1-12(21)16-11-15(17(18,19)20)10-9-14(16)8-7-13-5-3-2-4-6-13/h2-6,9-11H,7-8H2,1H3. The van der Waals surface area contributed by atoms with Crippen LogP contribution in [0.3, 0.4) is 0 Å². The van der Waals surface area contributed by atoms with Gasteiger partial charge in [-0.05, 0) is 43.0 Å². The van der Waals surface area contributed by atoms with Crippen molar-refractivity contribution < 1.29 is 18.0 Å². The number of hydrogen-bond donors (Lipinski definition) is 0. The number of hydrogen-bond acceptors (Lipinski definition) is 1. The minimum absolute atomic E-state index is 0.153. The first kappa shape index (κ1) is 15.3. The molecule has 2 aromatic rings. The molecule has 0 fully saturated rings. The highest BCUT2D eigenvalue weighted by Crippen LogP contribution is 2.31. The third kappa shape index (κ3) is 3.94. The molecule has 0 aromatic heterocycles. The van der Waals surface area contributed by atoms with Crippen LogP contribution in [0.1, 0.15) is 34.0 Å². The fourth-order valence-electron chi connectivity index (χ4n) is 2.22. The number of rotatable bonds is 4. The molecule has 0 aliphatic carbocycles. The zero-order chi connectivity index (χ0) is 15.5. The van der Waals surface area contributed by atoms with E-state index in [0.29, 0.717) is 18.4 Å². The number of alkyl halides is 3. The van der Waals surface area contributed by atoms with Crippen LogP contribution in [0.5, 0.6) is 0 Å². The lowest BCUT2D eigenvalue weighted by Crippen LogP contribution is -2.09. The van der Waals surface area contributed by atoms with E-state index in [1.807, 2.05) is 30.3 Å². The van der Waals surface area contributed by atoms with E-state index in [9.17, 15) is 18.0 Å². The van der Waals surface area contributed by atoms with Crippen LogP contribution >= 0.6 is 0 Å². The Hall–Kier alpha value is -2.10. The van der Waals surface area contributed by atoms with Crippen molar-refractivity contribution in [3.05, 3.63) is 70.8 Å². The number of carbonyl (C=O) groups is 1. The maximum atomic E-state index is 12.7. The third-order valence-electron chi connectivity index (χ3n) is 3.34. The maximum absolute atomic E-state index is 12.7. The first-order chi connectivity index (χ1) is 9.88. The Bertz CT molecular complexity index is 630. The van der Waals surface area contributed by atoms with E-state index in [0.717, 1.165) is 17.7 Å². The Morgan fingerprint density at radius 2 is 1.67 bits per heavy atom. The molecule has 0 saturated heterocycles. The summed E-state index contributed by atoms with van der Waals surface area (Å²) in [5, 5.41) is 0. The number of Topliss-reactive ketones (excluding diaryl/α,β-unsaturated/α-hetero) is 1. The van der Waals surface area contributed by atoms with Gasteiger partial charge in [0.1, 0.15) is 0 Å². The van der Waals surface area contributed by atoms with Gasteiger partial charge >= 0.3 is 6.18 Å². The lowest BCUT2D eigenvalue weighted by atomic mass is 9.96. The molecule has 2 aromatic carbocycles. The van der Waals surface area contributed by atoms with Gasteiger partial charge in [-0.15, -0.1) is 0 Å². The van der Waals surface area contributed by atoms with Crippen LogP contribution in [0.25, 0.3) is 0 Å². The summed E-state index contributed by atoms with van der Waals surface area (Å²) >= 11 is 0. The van der Waals surface area contributed by atoms with E-state index in [4.69, 9.17) is 0 Å². The zero-order valence-corrected chi connectivity index (χ0v) is 11.6. The van der Waals surface area contributed by atoms with Gasteiger partial charge in [0.25, 0.3) is 0 Å². The molecule has 0 unspecified atom stereocenters. The summed E-state index contributed by atoms with van der Waals surface area (Å²) in [6.45, 7) is 1.29. The highest BCUT2D eigenvalue weighted by molar-refractivity contribution is 5.95. The van der Waals surface area contributed by atoms with E-state index in [-0.39, 0.29) is 11.3 Å². The van der Waals surface area contributed by atoms with Crippen molar-refractivity contribution in [2.24, 2.45) is 0 Å². The predicted octanol–water partition coefficient (Wildman–Crippen LogP) is 4.69. The highest BCUT2D eigenvalue weighted by Gasteiger charge is 2.31. The SMILES string of the molecule is CC(=O)c1cc(C(F)(F)F)ccc1CCc1ccccc1. The smallest absolute Gasteiger partial charge is 0.295 e. The molecule has 21 heavy (non-hydrogen) atoms. The molecule has 0 aliphatic rings. The number of aryl methyl sites for hydroxylation is 2. The zero-order valence-electron chi connectivity index (χ0n) is 11.6. The van der Waals surface area contributed by atoms with Gasteiger partial charge in [0.05, 0.1) is 5.56 Å². The molecular formula is C17H15F3O. The van der Waals surface area contributed by atoms with Crippen molar-refractivity contribution in [1.82, 2.24) is 0 Å². The molecule has 4 heteroatoms. The summed E-state index contributed by atoms with van der Waals surface area (Å²) in [7, 11) is 0. The van der Waals surface area contributed by atoms with Crippen LogP contribution < -0.4 is 0 Å². The van der Waals surface area contributed by atoms with Crippen LogP contribution in [0, 0.1) is 0 Å². The first-order valence-corrected chi connectivity index (χ1v) is 6.63. The largest absolute Gasteiger partial charge is 0.416 e. The van der Waals surface area contributed by atoms with Crippen molar-refractivity contribution in [1.29, 1.82) is 0 Å². The number of ketones is 1. The average molecular weight is 292 g/mol. The molecule has 0 aliphatic heterocycles. The second-order valence-electron chi connectivity index (χ2n) is 4.91. The Kier molecular flexibility index (Phi) is 4.46. The van der Waals surface area contributed by atoms with Crippen molar-refractivity contribution >= 4 is 5.78 Å². The Labute approximate surface area is 121 Å². The molecule has 0 radical (unpaired) electrons. The fourth-order valence-corrected chi connectivity index (χ4v) is 2.22. The van der Waals surface area contributed by atoms with Crippen LogP contribution in [0.2, 0.25) is 0 Å². The lowest BCUT2D eigenvalue weighted by Gasteiger charge is -2.12. The van der Waals surface area contributed by atoms with Crippen molar-refractivity contribution in [3.8, 4) is 0 Å². The summed E-state index contributed by atoms with van der Waals surface area (Å²) in [5.74, 6) is -0.343. The molecule has 0 heterocycles. The van der Waals surface area contributed by atoms with E-state index in [1.54, 1.807) is 0 Å². The van der Waals surface area contributed by atoms with Gasteiger partial charge in [-0.25, -0.2) is 0 Å². The predicted molar refractivity (Wildman–Crippen MR) is 75.3 cm³/mol. The van der Waals surface area contributed by atoms with Gasteiger partial charge in [0.15, 0.2) is 5.78 Å². The highest BCUT2D eigenvalue weighted by atomic mass is 19.4. The minimum atomic E-state index is -4.43. The lowest BCUT2D eigenvalue weighted by molar-refractivity contribution is -0.137. The number of carbonyl (C=O) groups excluding carboxylic acids is 1. The van der Waals surface area contributed by atoms with Crippen molar-refractivity contribution in [2.45, 2.75) is 25.9 Å². The maximum Gasteiger partial charge on any atom is 0.416 e. The quantitative estimate of drug-likeness (QED) is 0.747. The summed E-state index contributed by atoms with van der Waals surface area (Å²) in [6.07, 6.45) is -3.20. The van der Waals surface area contributed by atoms with Crippen LogP contribution in [0.15, 0.2) is 48.5 Å².